The highest BCUT2D eigenvalue weighted by Crippen LogP contribution is 2.21. The molecule has 1 saturated heterocycles. The van der Waals surface area contributed by atoms with Gasteiger partial charge in [0.1, 0.15) is 18.1 Å². The number of rotatable bonds is 12. The van der Waals surface area contributed by atoms with Gasteiger partial charge in [0, 0.05) is 13.1 Å². The van der Waals surface area contributed by atoms with Crippen molar-refractivity contribution in [1.82, 2.24) is 15.5 Å². The molecule has 9 N–H and O–H groups in total. The molecule has 0 aromatic rings. The normalized spacial score (nSPS) is 18.5. The largest absolute Gasteiger partial charge is 0.480 e. The van der Waals surface area contributed by atoms with Crippen molar-refractivity contribution >= 4 is 29.7 Å². The maximum absolute atomic E-state index is 13.3. The standard InChI is InChI=1S/C21H39N7O5/c1-11(2)15(26-17(29)13(22)7-5-9-25-21(23)24)19(31)28-10-6-8-14(28)18(30)27-16(12(3)4)20(32)33/h11-16H,5-10,22H2,1-4H3,(H,26,29)(H,27,30)(H,32,33)(H4,23,24,25). The number of nitrogens with two attached hydrogens (primary N) is 3. The van der Waals surface area contributed by atoms with Crippen molar-refractivity contribution in [2.24, 2.45) is 34.0 Å². The molecule has 0 aromatic heterocycles. The van der Waals surface area contributed by atoms with Crippen molar-refractivity contribution in [1.29, 1.82) is 0 Å². The van der Waals surface area contributed by atoms with Gasteiger partial charge in [-0.1, -0.05) is 27.7 Å². The first-order chi connectivity index (χ1) is 15.4. The minimum Gasteiger partial charge on any atom is -0.480 e. The van der Waals surface area contributed by atoms with Gasteiger partial charge in [-0.05, 0) is 37.5 Å². The van der Waals surface area contributed by atoms with Crippen LogP contribution in [0.2, 0.25) is 0 Å². The molecule has 1 aliphatic heterocycles. The van der Waals surface area contributed by atoms with Crippen molar-refractivity contribution < 1.29 is 24.3 Å². The van der Waals surface area contributed by atoms with Gasteiger partial charge in [0.05, 0.1) is 6.04 Å². The zero-order valence-electron chi connectivity index (χ0n) is 19.9. The highest BCUT2D eigenvalue weighted by Gasteiger charge is 2.40. The van der Waals surface area contributed by atoms with E-state index >= 15 is 0 Å². The third kappa shape index (κ3) is 8.52. The van der Waals surface area contributed by atoms with Crippen LogP contribution in [0.1, 0.15) is 53.4 Å². The zero-order chi connectivity index (χ0) is 25.3. The summed E-state index contributed by atoms with van der Waals surface area (Å²) in [5.74, 6) is -3.10. The minimum atomic E-state index is -1.13. The number of aliphatic imine (C=N–C) groups is 1. The first-order valence-corrected chi connectivity index (χ1v) is 11.3. The Bertz CT molecular complexity index is 737. The summed E-state index contributed by atoms with van der Waals surface area (Å²) in [6.45, 7) is 7.66. The van der Waals surface area contributed by atoms with Crippen LogP contribution in [0.15, 0.2) is 4.99 Å². The second kappa shape index (κ2) is 13.0. The number of carboxylic acids is 1. The number of carbonyl (C=O) groups is 4. The van der Waals surface area contributed by atoms with Crippen LogP contribution in [0.4, 0.5) is 0 Å². The molecule has 12 heteroatoms. The van der Waals surface area contributed by atoms with E-state index in [1.165, 1.54) is 4.90 Å². The molecule has 4 unspecified atom stereocenters. The fourth-order valence-corrected chi connectivity index (χ4v) is 3.67. The second-order valence-corrected chi connectivity index (χ2v) is 9.04. The molecule has 0 bridgehead atoms. The number of likely N-dealkylation sites (tertiary alicyclic amines) is 1. The number of guanidine groups is 1. The summed E-state index contributed by atoms with van der Waals surface area (Å²) < 4.78 is 0. The molecule has 1 aliphatic rings. The molecule has 0 aromatic carbocycles. The van der Waals surface area contributed by atoms with Gasteiger partial charge in [-0.15, -0.1) is 0 Å². The fourth-order valence-electron chi connectivity index (χ4n) is 3.67. The molecule has 4 atom stereocenters. The van der Waals surface area contributed by atoms with E-state index in [0.29, 0.717) is 38.8 Å². The third-order valence-corrected chi connectivity index (χ3v) is 5.60. The summed E-state index contributed by atoms with van der Waals surface area (Å²) in [6.07, 6.45) is 1.86. The number of aliphatic carboxylic acids is 1. The van der Waals surface area contributed by atoms with Crippen LogP contribution in [0.25, 0.3) is 0 Å². The number of nitrogens with one attached hydrogen (secondary N) is 2. The van der Waals surface area contributed by atoms with Crippen LogP contribution < -0.4 is 27.8 Å². The average molecular weight is 470 g/mol. The number of hydrogen-bond acceptors (Lipinski definition) is 6. The summed E-state index contributed by atoms with van der Waals surface area (Å²) in [7, 11) is 0. The molecule has 12 nitrogen and oxygen atoms in total. The zero-order valence-corrected chi connectivity index (χ0v) is 19.9. The lowest BCUT2D eigenvalue weighted by Crippen LogP contribution is -2.58. The maximum atomic E-state index is 13.3. The number of hydrogen-bond donors (Lipinski definition) is 6. The van der Waals surface area contributed by atoms with Crippen LogP contribution in [0.5, 0.6) is 0 Å². The Morgan fingerprint density at radius 2 is 1.67 bits per heavy atom. The molecule has 33 heavy (non-hydrogen) atoms. The Labute approximate surface area is 194 Å². The minimum absolute atomic E-state index is 0.0363. The summed E-state index contributed by atoms with van der Waals surface area (Å²) in [5, 5.41) is 14.6. The van der Waals surface area contributed by atoms with Gasteiger partial charge in [-0.2, -0.15) is 0 Å². The Kier molecular flexibility index (Phi) is 11.1. The first-order valence-electron chi connectivity index (χ1n) is 11.3. The molecule has 1 heterocycles. The lowest BCUT2D eigenvalue weighted by molar-refractivity contribution is -0.146. The second-order valence-electron chi connectivity index (χ2n) is 9.04. The van der Waals surface area contributed by atoms with Crippen LogP contribution >= 0.6 is 0 Å². The van der Waals surface area contributed by atoms with E-state index in [-0.39, 0.29) is 23.7 Å². The maximum Gasteiger partial charge on any atom is 0.326 e. The van der Waals surface area contributed by atoms with E-state index in [0.717, 1.165) is 0 Å². The van der Waals surface area contributed by atoms with Crippen molar-refractivity contribution in [2.45, 2.75) is 77.5 Å². The molecule has 3 amide bonds. The third-order valence-electron chi connectivity index (χ3n) is 5.60. The smallest absolute Gasteiger partial charge is 0.326 e. The van der Waals surface area contributed by atoms with Gasteiger partial charge < -0.3 is 37.8 Å². The predicted octanol–water partition coefficient (Wildman–Crippen LogP) is -1.28. The predicted molar refractivity (Wildman–Crippen MR) is 124 cm³/mol. The monoisotopic (exact) mass is 469 g/mol. The molecule has 1 rings (SSSR count). The topological polar surface area (TPSA) is 206 Å². The highest BCUT2D eigenvalue weighted by molar-refractivity contribution is 5.94. The van der Waals surface area contributed by atoms with Gasteiger partial charge in [-0.25, -0.2) is 4.79 Å². The van der Waals surface area contributed by atoms with Gasteiger partial charge in [0.2, 0.25) is 17.7 Å². The van der Waals surface area contributed by atoms with Crippen LogP contribution in [0.3, 0.4) is 0 Å². The Morgan fingerprint density at radius 3 is 2.18 bits per heavy atom. The van der Waals surface area contributed by atoms with Gasteiger partial charge >= 0.3 is 5.97 Å². The van der Waals surface area contributed by atoms with Crippen LogP contribution in [-0.4, -0.2) is 76.9 Å². The van der Waals surface area contributed by atoms with Gasteiger partial charge in [0.15, 0.2) is 5.96 Å². The fraction of sp³-hybridized carbons (Fsp3) is 0.762. The lowest BCUT2D eigenvalue weighted by Gasteiger charge is -2.31. The SMILES string of the molecule is CC(C)C(NC(=O)C1CCCN1C(=O)C(NC(=O)C(N)CCCN=C(N)N)C(C)C)C(=O)O. The molecule has 0 aliphatic carbocycles. The van der Waals surface area contributed by atoms with E-state index in [2.05, 4.69) is 15.6 Å². The number of carboxylic acid groups (broad SMARTS) is 1. The molecular weight excluding hydrogens is 430 g/mol. The van der Waals surface area contributed by atoms with Crippen LogP contribution in [-0.2, 0) is 19.2 Å². The van der Waals surface area contributed by atoms with Crippen molar-refractivity contribution in [3.8, 4) is 0 Å². The van der Waals surface area contributed by atoms with Gasteiger partial charge in [0.25, 0.3) is 0 Å². The van der Waals surface area contributed by atoms with E-state index in [1.807, 2.05) is 0 Å². The first kappa shape index (κ1) is 28.1. The number of nitrogens with zero attached hydrogens (tertiary/aromatic N) is 2. The Morgan fingerprint density at radius 1 is 1.06 bits per heavy atom. The summed E-state index contributed by atoms with van der Waals surface area (Å²) in [5.41, 5.74) is 16.5. The van der Waals surface area contributed by atoms with E-state index < -0.39 is 42.0 Å². The molecule has 188 valence electrons. The highest BCUT2D eigenvalue weighted by atomic mass is 16.4. The van der Waals surface area contributed by atoms with Crippen molar-refractivity contribution in [3.63, 3.8) is 0 Å². The van der Waals surface area contributed by atoms with Gasteiger partial charge in [-0.3, -0.25) is 19.4 Å². The van der Waals surface area contributed by atoms with Crippen LogP contribution in [0, 0.1) is 11.8 Å². The van der Waals surface area contributed by atoms with Crippen molar-refractivity contribution in [2.75, 3.05) is 13.1 Å². The number of amides is 3. The Hall–Kier alpha value is -2.89. The Balaban J connectivity index is 2.83. The van der Waals surface area contributed by atoms with Crippen molar-refractivity contribution in [3.05, 3.63) is 0 Å². The summed E-state index contributed by atoms with van der Waals surface area (Å²) in [4.78, 5) is 55.4. The summed E-state index contributed by atoms with van der Waals surface area (Å²) in [6, 6.07) is -3.54. The molecule has 0 saturated carbocycles. The van der Waals surface area contributed by atoms with E-state index in [9.17, 15) is 24.3 Å². The van der Waals surface area contributed by atoms with E-state index in [4.69, 9.17) is 17.2 Å². The average Bonchev–Trinajstić information content (AvgIpc) is 3.21. The molecular formula is C21H39N7O5. The lowest BCUT2D eigenvalue weighted by atomic mass is 10.0. The molecule has 0 spiro atoms. The number of carbonyl (C=O) groups excluding carboxylic acids is 3. The molecule has 0 radical (unpaired) electrons. The molecule has 1 fully saturated rings. The van der Waals surface area contributed by atoms with E-state index in [1.54, 1.807) is 27.7 Å². The summed E-state index contributed by atoms with van der Waals surface area (Å²) >= 11 is 0. The quantitative estimate of drug-likeness (QED) is 0.115.